The van der Waals surface area contributed by atoms with Gasteiger partial charge in [-0.05, 0) is 46.1 Å². The van der Waals surface area contributed by atoms with Crippen LogP contribution in [0.15, 0.2) is 45.9 Å². The normalized spacial score (nSPS) is 12.3. The van der Waals surface area contributed by atoms with Crippen LogP contribution in [0.2, 0.25) is 0 Å². The summed E-state index contributed by atoms with van der Waals surface area (Å²) in [6.07, 6.45) is 0. The molecule has 1 aromatic carbocycles. The summed E-state index contributed by atoms with van der Waals surface area (Å²) < 4.78 is 12.8. The van der Waals surface area contributed by atoms with Crippen molar-refractivity contribution >= 4 is 33.7 Å². The van der Waals surface area contributed by atoms with Gasteiger partial charge in [0.05, 0.1) is 5.69 Å². The SMILES string of the molecule is O=C(Cn1nnn(-c2cccs2)c1=O)Nc1nc(-c2ccc3c(c2)OCO3)cs1. The minimum atomic E-state index is -0.484. The van der Waals surface area contributed by atoms with Crippen LogP contribution in [-0.4, -0.2) is 37.5 Å². The highest BCUT2D eigenvalue weighted by Gasteiger charge is 2.17. The van der Waals surface area contributed by atoms with Crippen molar-refractivity contribution in [3.8, 4) is 27.8 Å². The van der Waals surface area contributed by atoms with Gasteiger partial charge < -0.3 is 14.8 Å². The predicted octanol–water partition coefficient (Wildman–Crippen LogP) is 1.98. The van der Waals surface area contributed by atoms with Crippen molar-refractivity contribution in [1.82, 2.24) is 24.8 Å². The summed E-state index contributed by atoms with van der Waals surface area (Å²) >= 11 is 2.64. The van der Waals surface area contributed by atoms with Crippen molar-refractivity contribution in [2.75, 3.05) is 12.1 Å². The van der Waals surface area contributed by atoms with Gasteiger partial charge in [-0.15, -0.1) is 22.7 Å². The van der Waals surface area contributed by atoms with E-state index in [1.54, 1.807) is 12.1 Å². The average molecular weight is 428 g/mol. The second-order valence-corrected chi connectivity index (χ2v) is 7.72. The largest absolute Gasteiger partial charge is 0.454 e. The number of hydrogen-bond donors (Lipinski definition) is 1. The topological polar surface area (TPSA) is 113 Å². The third-order valence-corrected chi connectivity index (χ3v) is 5.67. The summed E-state index contributed by atoms with van der Waals surface area (Å²) in [6, 6.07) is 9.08. The fourth-order valence-corrected chi connectivity index (χ4v) is 4.12. The maximum absolute atomic E-state index is 12.3. The third kappa shape index (κ3) is 3.39. The zero-order chi connectivity index (χ0) is 19.8. The van der Waals surface area contributed by atoms with Crippen LogP contribution in [0.1, 0.15) is 0 Å². The van der Waals surface area contributed by atoms with Crippen LogP contribution in [0.25, 0.3) is 16.3 Å². The van der Waals surface area contributed by atoms with E-state index in [1.807, 2.05) is 29.0 Å². The molecule has 0 spiro atoms. The number of nitrogens with one attached hydrogen (secondary N) is 1. The number of rotatable bonds is 5. The number of thiophene rings is 1. The van der Waals surface area contributed by atoms with Gasteiger partial charge in [0, 0.05) is 10.9 Å². The molecule has 0 saturated carbocycles. The number of fused-ring (bicyclic) bond motifs is 1. The van der Waals surface area contributed by atoms with E-state index >= 15 is 0 Å². The summed E-state index contributed by atoms with van der Waals surface area (Å²) in [5, 5.41) is 15.0. The van der Waals surface area contributed by atoms with Gasteiger partial charge in [0.25, 0.3) is 0 Å². The fourth-order valence-electron chi connectivity index (χ4n) is 2.72. The Bertz CT molecular complexity index is 1240. The number of carbonyl (C=O) groups excluding carboxylic acids is 1. The molecule has 4 heterocycles. The van der Waals surface area contributed by atoms with Crippen molar-refractivity contribution in [1.29, 1.82) is 0 Å². The second-order valence-electron chi connectivity index (χ2n) is 5.94. The zero-order valence-corrected chi connectivity index (χ0v) is 16.3. The van der Waals surface area contributed by atoms with E-state index in [4.69, 9.17) is 9.47 Å². The maximum atomic E-state index is 12.3. The first-order valence-corrected chi connectivity index (χ1v) is 10.2. The highest BCUT2D eigenvalue weighted by Crippen LogP contribution is 2.36. The summed E-state index contributed by atoms with van der Waals surface area (Å²) in [7, 11) is 0. The minimum absolute atomic E-state index is 0.202. The van der Waals surface area contributed by atoms with Crippen LogP contribution in [0.4, 0.5) is 5.13 Å². The van der Waals surface area contributed by atoms with Crippen molar-refractivity contribution < 1.29 is 14.3 Å². The van der Waals surface area contributed by atoms with Crippen molar-refractivity contribution in [3.05, 3.63) is 51.6 Å². The molecule has 0 atom stereocenters. The molecular weight excluding hydrogens is 416 g/mol. The Balaban J connectivity index is 1.28. The molecule has 5 rings (SSSR count). The molecule has 29 heavy (non-hydrogen) atoms. The van der Waals surface area contributed by atoms with E-state index in [9.17, 15) is 9.59 Å². The molecule has 0 bridgehead atoms. The molecule has 0 radical (unpaired) electrons. The number of aromatic nitrogens is 5. The molecule has 0 saturated heterocycles. The monoisotopic (exact) mass is 428 g/mol. The van der Waals surface area contributed by atoms with Crippen LogP contribution in [-0.2, 0) is 11.3 Å². The number of thiazole rings is 1. The molecule has 0 aliphatic carbocycles. The summed E-state index contributed by atoms with van der Waals surface area (Å²) in [5.41, 5.74) is 1.06. The molecule has 1 amide bonds. The molecule has 4 aromatic rings. The van der Waals surface area contributed by atoms with Crippen molar-refractivity contribution in [3.63, 3.8) is 0 Å². The van der Waals surface area contributed by atoms with Crippen LogP contribution in [0.5, 0.6) is 11.5 Å². The molecule has 1 aliphatic heterocycles. The van der Waals surface area contributed by atoms with Gasteiger partial charge in [0.15, 0.2) is 16.6 Å². The quantitative estimate of drug-likeness (QED) is 0.517. The Labute approximate surface area is 170 Å². The first kappa shape index (κ1) is 17.6. The smallest absolute Gasteiger partial charge is 0.369 e. The number of benzene rings is 1. The Kier molecular flexibility index (Phi) is 4.33. The molecule has 1 aliphatic rings. The van der Waals surface area contributed by atoms with Gasteiger partial charge >= 0.3 is 5.69 Å². The highest BCUT2D eigenvalue weighted by molar-refractivity contribution is 7.14. The molecule has 0 fully saturated rings. The zero-order valence-electron chi connectivity index (χ0n) is 14.6. The number of ether oxygens (including phenoxy) is 2. The molecule has 3 aromatic heterocycles. The van der Waals surface area contributed by atoms with Crippen LogP contribution in [0.3, 0.4) is 0 Å². The summed E-state index contributed by atoms with van der Waals surface area (Å²) in [5.74, 6) is 0.935. The fraction of sp³-hybridized carbons (Fsp3) is 0.118. The van der Waals surface area contributed by atoms with E-state index in [0.717, 1.165) is 14.9 Å². The molecule has 146 valence electrons. The molecule has 1 N–H and O–H groups in total. The maximum Gasteiger partial charge on any atom is 0.369 e. The number of anilines is 1. The van der Waals surface area contributed by atoms with Crippen LogP contribution in [0, 0.1) is 0 Å². The van der Waals surface area contributed by atoms with Gasteiger partial charge in [0.2, 0.25) is 12.7 Å². The number of amides is 1. The van der Waals surface area contributed by atoms with Crippen LogP contribution < -0.4 is 20.5 Å². The number of hydrogen-bond acceptors (Lipinski definition) is 9. The predicted molar refractivity (Wildman–Crippen MR) is 106 cm³/mol. The first-order chi connectivity index (χ1) is 14.2. The molecular formula is C17H12N6O4S2. The number of nitrogens with zero attached hydrogens (tertiary/aromatic N) is 5. The standard InChI is InChI=1S/C17H12N6O4S2/c24-14(7-22-17(25)23(21-20-22)15-2-1-5-28-15)19-16-18-11(8-29-16)10-3-4-12-13(6-10)27-9-26-12/h1-6,8H,7,9H2,(H,18,19,24). The lowest BCUT2D eigenvalue weighted by Gasteiger charge is -2.01. The van der Waals surface area contributed by atoms with E-state index in [0.29, 0.717) is 27.3 Å². The number of carbonyl (C=O) groups is 1. The Morgan fingerprint density at radius 2 is 2.07 bits per heavy atom. The summed E-state index contributed by atoms with van der Waals surface area (Å²) in [6.45, 7) is -0.0588. The van der Waals surface area contributed by atoms with E-state index in [-0.39, 0.29) is 13.3 Å². The molecule has 0 unspecified atom stereocenters. The van der Waals surface area contributed by atoms with E-state index in [1.165, 1.54) is 22.7 Å². The van der Waals surface area contributed by atoms with E-state index in [2.05, 4.69) is 20.7 Å². The molecule has 10 nitrogen and oxygen atoms in total. The van der Waals surface area contributed by atoms with Crippen molar-refractivity contribution in [2.45, 2.75) is 6.54 Å². The van der Waals surface area contributed by atoms with E-state index < -0.39 is 11.6 Å². The lowest BCUT2D eigenvalue weighted by Crippen LogP contribution is -2.29. The second kappa shape index (κ2) is 7.14. The van der Waals surface area contributed by atoms with Gasteiger partial charge in [-0.3, -0.25) is 4.79 Å². The Morgan fingerprint density at radius 3 is 2.93 bits per heavy atom. The third-order valence-electron chi connectivity index (χ3n) is 4.07. The summed E-state index contributed by atoms with van der Waals surface area (Å²) in [4.78, 5) is 29.1. The van der Waals surface area contributed by atoms with Gasteiger partial charge in [-0.2, -0.15) is 9.36 Å². The lowest BCUT2D eigenvalue weighted by atomic mass is 10.1. The van der Waals surface area contributed by atoms with Crippen LogP contribution >= 0.6 is 22.7 Å². The van der Waals surface area contributed by atoms with Crippen molar-refractivity contribution in [2.24, 2.45) is 0 Å². The molecule has 12 heteroatoms. The van der Waals surface area contributed by atoms with Gasteiger partial charge in [0.1, 0.15) is 11.5 Å². The number of tetrazole rings is 1. The Hall–Kier alpha value is -3.51. The Morgan fingerprint density at radius 1 is 1.17 bits per heavy atom. The minimum Gasteiger partial charge on any atom is -0.454 e. The highest BCUT2D eigenvalue weighted by atomic mass is 32.1. The van der Waals surface area contributed by atoms with Gasteiger partial charge in [-0.1, -0.05) is 0 Å². The van der Waals surface area contributed by atoms with Gasteiger partial charge in [-0.25, -0.2) is 9.78 Å². The lowest BCUT2D eigenvalue weighted by molar-refractivity contribution is -0.117. The average Bonchev–Trinajstić information content (AvgIpc) is 3.49. The first-order valence-electron chi connectivity index (χ1n) is 8.39.